The summed E-state index contributed by atoms with van der Waals surface area (Å²) in [5.74, 6) is 1.60. The quantitative estimate of drug-likeness (QED) is 0.738. The molecular formula is C15H13N3O2. The fourth-order valence-corrected chi connectivity index (χ4v) is 1.91. The van der Waals surface area contributed by atoms with Crippen molar-refractivity contribution in [3.05, 3.63) is 48.5 Å². The lowest BCUT2D eigenvalue weighted by molar-refractivity contribution is 0.416. The Kier molecular flexibility index (Phi) is 3.09. The Morgan fingerprint density at radius 1 is 1.05 bits per heavy atom. The number of anilines is 1. The van der Waals surface area contributed by atoms with Crippen LogP contribution in [0.5, 0.6) is 5.75 Å². The third kappa shape index (κ3) is 2.21. The van der Waals surface area contributed by atoms with Gasteiger partial charge in [-0.05, 0) is 18.2 Å². The molecule has 5 heteroatoms. The van der Waals surface area contributed by atoms with E-state index in [2.05, 4.69) is 10.1 Å². The van der Waals surface area contributed by atoms with Gasteiger partial charge in [0.1, 0.15) is 5.75 Å². The highest BCUT2D eigenvalue weighted by Crippen LogP contribution is 2.28. The molecule has 0 bridgehead atoms. The maximum absolute atomic E-state index is 5.87. The number of nitrogen functional groups attached to an aromatic ring is 1. The van der Waals surface area contributed by atoms with Crippen LogP contribution in [0.2, 0.25) is 0 Å². The van der Waals surface area contributed by atoms with Crippen LogP contribution in [0.1, 0.15) is 0 Å². The first-order chi connectivity index (χ1) is 9.78. The molecule has 0 saturated carbocycles. The van der Waals surface area contributed by atoms with Crippen LogP contribution in [0, 0.1) is 0 Å². The van der Waals surface area contributed by atoms with Gasteiger partial charge in [0.05, 0.1) is 12.8 Å². The van der Waals surface area contributed by atoms with E-state index in [1.807, 2.05) is 36.4 Å². The molecule has 5 nitrogen and oxygen atoms in total. The molecule has 2 N–H and O–H groups in total. The van der Waals surface area contributed by atoms with Gasteiger partial charge in [0.15, 0.2) is 0 Å². The van der Waals surface area contributed by atoms with E-state index in [4.69, 9.17) is 15.0 Å². The molecule has 1 heterocycles. The summed E-state index contributed by atoms with van der Waals surface area (Å²) in [6, 6.07) is 15.0. The molecule has 1 aromatic heterocycles. The second-order valence-corrected chi connectivity index (χ2v) is 4.25. The molecule has 20 heavy (non-hydrogen) atoms. The van der Waals surface area contributed by atoms with Gasteiger partial charge in [-0.1, -0.05) is 35.5 Å². The lowest BCUT2D eigenvalue weighted by atomic mass is 10.2. The van der Waals surface area contributed by atoms with Crippen LogP contribution < -0.4 is 10.5 Å². The highest BCUT2D eigenvalue weighted by atomic mass is 16.5. The lowest BCUT2D eigenvalue weighted by Crippen LogP contribution is -1.92. The van der Waals surface area contributed by atoms with E-state index < -0.39 is 0 Å². The molecule has 0 fully saturated rings. The highest BCUT2D eigenvalue weighted by molar-refractivity contribution is 5.66. The normalized spacial score (nSPS) is 10.4. The van der Waals surface area contributed by atoms with E-state index in [1.54, 1.807) is 19.2 Å². The summed E-state index contributed by atoms with van der Waals surface area (Å²) < 4.78 is 10.4. The molecule has 0 aliphatic carbocycles. The molecular weight excluding hydrogens is 254 g/mol. The maximum atomic E-state index is 5.87. The van der Waals surface area contributed by atoms with E-state index in [0.717, 1.165) is 11.1 Å². The van der Waals surface area contributed by atoms with Crippen molar-refractivity contribution >= 4 is 5.69 Å². The first kappa shape index (κ1) is 12.2. The lowest BCUT2D eigenvalue weighted by Gasteiger charge is -2.04. The number of aromatic nitrogens is 2. The Labute approximate surface area is 116 Å². The molecule has 3 aromatic rings. The highest BCUT2D eigenvalue weighted by Gasteiger charge is 2.11. The first-order valence-electron chi connectivity index (χ1n) is 6.11. The minimum atomic E-state index is 0.429. The Bertz CT molecular complexity index is 723. The predicted molar refractivity (Wildman–Crippen MR) is 76.1 cm³/mol. The van der Waals surface area contributed by atoms with Gasteiger partial charge in [-0.25, -0.2) is 0 Å². The predicted octanol–water partition coefficient (Wildman–Crippen LogP) is 2.99. The van der Waals surface area contributed by atoms with Crippen molar-refractivity contribution < 1.29 is 9.26 Å². The molecule has 0 radical (unpaired) electrons. The standard InChI is InChI=1S/C15H13N3O2/c1-19-13-8-7-11(9-12(13)16)15-17-14(18-20-15)10-5-3-2-4-6-10/h2-9H,16H2,1H3. The summed E-state index contributed by atoms with van der Waals surface area (Å²) in [6.45, 7) is 0. The Morgan fingerprint density at radius 2 is 1.85 bits per heavy atom. The molecule has 0 unspecified atom stereocenters. The van der Waals surface area contributed by atoms with Gasteiger partial charge >= 0.3 is 0 Å². The molecule has 0 aliphatic rings. The second-order valence-electron chi connectivity index (χ2n) is 4.25. The molecule has 3 rings (SSSR count). The van der Waals surface area contributed by atoms with Crippen LogP contribution in [0.25, 0.3) is 22.8 Å². The summed E-state index contributed by atoms with van der Waals surface area (Å²) in [5.41, 5.74) is 8.07. The molecule has 0 spiro atoms. The molecule has 0 amide bonds. The SMILES string of the molecule is COc1ccc(-c2nc(-c3ccccc3)no2)cc1N. The van der Waals surface area contributed by atoms with Gasteiger partial charge in [0.2, 0.25) is 5.82 Å². The minimum Gasteiger partial charge on any atom is -0.495 e. The van der Waals surface area contributed by atoms with E-state index in [1.165, 1.54) is 0 Å². The van der Waals surface area contributed by atoms with Crippen molar-refractivity contribution in [2.45, 2.75) is 0 Å². The van der Waals surface area contributed by atoms with Gasteiger partial charge in [-0.2, -0.15) is 4.98 Å². The van der Waals surface area contributed by atoms with Gasteiger partial charge in [-0.15, -0.1) is 0 Å². The summed E-state index contributed by atoms with van der Waals surface area (Å²) in [7, 11) is 1.57. The van der Waals surface area contributed by atoms with Crippen molar-refractivity contribution in [1.29, 1.82) is 0 Å². The molecule has 100 valence electrons. The van der Waals surface area contributed by atoms with Gasteiger partial charge in [0, 0.05) is 11.1 Å². The third-order valence-electron chi connectivity index (χ3n) is 2.93. The largest absolute Gasteiger partial charge is 0.495 e. The van der Waals surface area contributed by atoms with Crippen LogP contribution in [-0.4, -0.2) is 17.3 Å². The molecule has 0 saturated heterocycles. The maximum Gasteiger partial charge on any atom is 0.258 e. The smallest absolute Gasteiger partial charge is 0.258 e. The van der Waals surface area contributed by atoms with Crippen LogP contribution in [0.3, 0.4) is 0 Å². The average molecular weight is 267 g/mol. The van der Waals surface area contributed by atoms with E-state index >= 15 is 0 Å². The van der Waals surface area contributed by atoms with Gasteiger partial charge < -0.3 is 15.0 Å². The van der Waals surface area contributed by atoms with Crippen LogP contribution in [0.4, 0.5) is 5.69 Å². The fraction of sp³-hybridized carbons (Fsp3) is 0.0667. The van der Waals surface area contributed by atoms with Gasteiger partial charge in [0.25, 0.3) is 5.89 Å². The molecule has 2 aromatic carbocycles. The topological polar surface area (TPSA) is 74.2 Å². The fourth-order valence-electron chi connectivity index (χ4n) is 1.91. The molecule has 0 aliphatic heterocycles. The number of methoxy groups -OCH3 is 1. The van der Waals surface area contributed by atoms with Crippen molar-refractivity contribution in [3.8, 4) is 28.6 Å². The van der Waals surface area contributed by atoms with Crippen molar-refractivity contribution in [2.75, 3.05) is 12.8 Å². The van der Waals surface area contributed by atoms with Crippen molar-refractivity contribution in [3.63, 3.8) is 0 Å². The van der Waals surface area contributed by atoms with E-state index in [9.17, 15) is 0 Å². The number of ether oxygens (including phenoxy) is 1. The minimum absolute atomic E-state index is 0.429. The first-order valence-corrected chi connectivity index (χ1v) is 6.11. The zero-order chi connectivity index (χ0) is 13.9. The number of benzene rings is 2. The second kappa shape index (κ2) is 5.05. The van der Waals surface area contributed by atoms with Crippen LogP contribution in [0.15, 0.2) is 53.1 Å². The van der Waals surface area contributed by atoms with Crippen LogP contribution in [-0.2, 0) is 0 Å². The zero-order valence-corrected chi connectivity index (χ0v) is 10.9. The van der Waals surface area contributed by atoms with Gasteiger partial charge in [-0.3, -0.25) is 0 Å². The van der Waals surface area contributed by atoms with Crippen molar-refractivity contribution in [1.82, 2.24) is 10.1 Å². The third-order valence-corrected chi connectivity index (χ3v) is 2.93. The van der Waals surface area contributed by atoms with E-state index in [-0.39, 0.29) is 0 Å². The van der Waals surface area contributed by atoms with Crippen LogP contribution >= 0.6 is 0 Å². The number of hydrogen-bond donors (Lipinski definition) is 1. The van der Waals surface area contributed by atoms with Crippen molar-refractivity contribution in [2.24, 2.45) is 0 Å². The average Bonchev–Trinajstić information content (AvgIpc) is 2.98. The number of nitrogens with two attached hydrogens (primary N) is 1. The monoisotopic (exact) mass is 267 g/mol. The number of hydrogen-bond acceptors (Lipinski definition) is 5. The summed E-state index contributed by atoms with van der Waals surface area (Å²) in [5, 5.41) is 3.98. The number of rotatable bonds is 3. The Morgan fingerprint density at radius 3 is 2.55 bits per heavy atom. The summed E-state index contributed by atoms with van der Waals surface area (Å²) >= 11 is 0. The Hall–Kier alpha value is -2.82. The summed E-state index contributed by atoms with van der Waals surface area (Å²) in [4.78, 5) is 4.37. The zero-order valence-electron chi connectivity index (χ0n) is 10.9. The Balaban J connectivity index is 1.96. The van der Waals surface area contributed by atoms with E-state index in [0.29, 0.717) is 23.2 Å². The number of nitrogens with zero attached hydrogens (tertiary/aromatic N) is 2. The summed E-state index contributed by atoms with van der Waals surface area (Å²) in [6.07, 6.45) is 0. The molecule has 0 atom stereocenters.